The van der Waals surface area contributed by atoms with Gasteiger partial charge in [-0.1, -0.05) is 0 Å². The molecule has 0 aromatic heterocycles. The van der Waals surface area contributed by atoms with Crippen LogP contribution in [0.25, 0.3) is 0 Å². The highest BCUT2D eigenvalue weighted by molar-refractivity contribution is 6.28. The molecular weight excluding hydrogens is 508 g/mol. The molecule has 1 atom stereocenters. The van der Waals surface area contributed by atoms with Crippen LogP contribution in [-0.2, 0) is 24.0 Å². The number of phenolic OH excluding ortho intramolecular Hbond substituents is 1. The van der Waals surface area contributed by atoms with Gasteiger partial charge in [0.1, 0.15) is 34.3 Å². The molecule has 37 heavy (non-hydrogen) atoms. The molecule has 1 unspecified atom stereocenters. The van der Waals surface area contributed by atoms with Crippen molar-refractivity contribution < 1.29 is 81.3 Å². The van der Waals surface area contributed by atoms with Gasteiger partial charge >= 0.3 is 17.9 Å². The van der Waals surface area contributed by atoms with E-state index in [4.69, 9.17) is 30.6 Å². The molecule has 2 aliphatic carbocycles. The number of carboxylic acids is 3. The van der Waals surface area contributed by atoms with Crippen molar-refractivity contribution >= 4 is 35.3 Å². The minimum Gasteiger partial charge on any atom is -0.508 e. The van der Waals surface area contributed by atoms with E-state index < -0.39 is 46.7 Å². The van der Waals surface area contributed by atoms with Crippen LogP contribution in [0.5, 0.6) is 11.5 Å². The third-order valence-corrected chi connectivity index (χ3v) is 3.72. The maximum atomic E-state index is 10.8. The highest BCUT2D eigenvalue weighted by Gasteiger charge is 2.24. The summed E-state index contributed by atoms with van der Waals surface area (Å²) >= 11 is 0. The molecule has 1 aromatic carbocycles. The minimum absolute atomic E-state index is 0. The molecule has 0 amide bonds. The molecule has 14 N–H and O–H groups in total. The number of hydrogen-bond acceptors (Lipinski definition) is 9. The Kier molecular flexibility index (Phi) is 18.3. The molecule has 16 nitrogen and oxygen atoms in total. The van der Waals surface area contributed by atoms with Crippen molar-refractivity contribution in [1.82, 2.24) is 0 Å². The standard InChI is InChI=1S/2C7H6O4.C7H4O4.4H2O/c3*8-4-1-2-6(9)5(3-4)7(10)11;;;;/h1-3,8-9H,(H,10,11);1-3,5,8H,(H,10,11);1-3H,(H,10,11);4*1H2. The average Bonchev–Trinajstić information content (AvgIpc) is 2.73. The number of carbonyl (C=O) groups excluding carboxylic acids is 3. The SMILES string of the molecule is O.O.O.O.O=C(O)C1C=C(O)C=CC1=O.O=C(O)c1cc(O)ccc1O.O=C1C=CC(=O)C(C(=O)O)=C1. The van der Waals surface area contributed by atoms with Crippen LogP contribution >= 0.6 is 0 Å². The van der Waals surface area contributed by atoms with Crippen LogP contribution < -0.4 is 0 Å². The van der Waals surface area contributed by atoms with Crippen LogP contribution in [0.3, 0.4) is 0 Å². The summed E-state index contributed by atoms with van der Waals surface area (Å²) < 4.78 is 0. The number of phenols is 2. The van der Waals surface area contributed by atoms with Gasteiger partial charge < -0.3 is 52.5 Å². The number of aliphatic carboxylic acids is 2. The topological polar surface area (TPSA) is 350 Å². The lowest BCUT2D eigenvalue weighted by Crippen LogP contribution is -2.22. The third kappa shape index (κ3) is 12.2. The van der Waals surface area contributed by atoms with Crippen molar-refractivity contribution in [3.8, 4) is 11.5 Å². The monoisotopic (exact) mass is 532 g/mol. The summed E-state index contributed by atoms with van der Waals surface area (Å²) in [6.45, 7) is 0. The van der Waals surface area contributed by atoms with E-state index in [0.717, 1.165) is 42.5 Å². The lowest BCUT2D eigenvalue weighted by Gasteiger charge is -2.06. The summed E-state index contributed by atoms with van der Waals surface area (Å²) in [5.41, 5.74) is -0.775. The van der Waals surface area contributed by atoms with Gasteiger partial charge in [-0.05, 0) is 48.6 Å². The van der Waals surface area contributed by atoms with Crippen molar-refractivity contribution in [2.24, 2.45) is 5.92 Å². The van der Waals surface area contributed by atoms with Crippen molar-refractivity contribution in [2.45, 2.75) is 0 Å². The molecule has 0 saturated carbocycles. The van der Waals surface area contributed by atoms with Crippen LogP contribution in [0, 0.1) is 5.92 Å². The highest BCUT2D eigenvalue weighted by atomic mass is 16.4. The zero-order valence-electron chi connectivity index (χ0n) is 18.4. The van der Waals surface area contributed by atoms with Crippen molar-refractivity contribution in [1.29, 1.82) is 0 Å². The van der Waals surface area contributed by atoms with E-state index in [1.54, 1.807) is 0 Å². The Morgan fingerprint density at radius 1 is 0.730 bits per heavy atom. The Hall–Kier alpha value is -5.16. The number of aromatic carboxylic acids is 1. The van der Waals surface area contributed by atoms with E-state index >= 15 is 0 Å². The first-order chi connectivity index (χ1) is 15.3. The smallest absolute Gasteiger partial charge is 0.339 e. The molecule has 0 spiro atoms. The predicted octanol–water partition coefficient (Wildman–Crippen LogP) is -2.53. The number of carboxylic acid groups (broad SMARTS) is 3. The van der Waals surface area contributed by atoms with Crippen molar-refractivity contribution in [3.63, 3.8) is 0 Å². The summed E-state index contributed by atoms with van der Waals surface area (Å²) in [6, 6.07) is 3.32. The second-order valence-corrected chi connectivity index (χ2v) is 6.11. The van der Waals surface area contributed by atoms with Crippen LogP contribution in [-0.4, -0.2) is 87.8 Å². The number of aromatic hydroxyl groups is 2. The molecule has 0 heterocycles. The van der Waals surface area contributed by atoms with Gasteiger partial charge in [0.25, 0.3) is 0 Å². The molecule has 3 rings (SSSR count). The van der Waals surface area contributed by atoms with Gasteiger partial charge in [0, 0.05) is 6.08 Å². The van der Waals surface area contributed by atoms with Crippen LogP contribution in [0.15, 0.2) is 66.0 Å². The molecule has 0 bridgehead atoms. The minimum atomic E-state index is -1.37. The molecule has 0 aliphatic heterocycles. The Morgan fingerprint density at radius 2 is 1.30 bits per heavy atom. The fourth-order valence-electron chi connectivity index (χ4n) is 2.14. The highest BCUT2D eigenvalue weighted by Crippen LogP contribution is 2.21. The first-order valence-electron chi connectivity index (χ1n) is 8.65. The zero-order valence-corrected chi connectivity index (χ0v) is 18.4. The normalized spacial score (nSPS) is 14.6. The molecule has 2 aliphatic rings. The van der Waals surface area contributed by atoms with E-state index in [0.29, 0.717) is 0 Å². The lowest BCUT2D eigenvalue weighted by molar-refractivity contribution is -0.143. The van der Waals surface area contributed by atoms with Gasteiger partial charge in [-0.25, -0.2) is 9.59 Å². The van der Waals surface area contributed by atoms with Crippen LogP contribution in [0.2, 0.25) is 0 Å². The third-order valence-electron chi connectivity index (χ3n) is 3.72. The van der Waals surface area contributed by atoms with Gasteiger partial charge in [0.2, 0.25) is 0 Å². The van der Waals surface area contributed by atoms with Crippen molar-refractivity contribution in [3.05, 3.63) is 71.6 Å². The lowest BCUT2D eigenvalue weighted by atomic mass is 9.99. The van der Waals surface area contributed by atoms with Gasteiger partial charge in [-0.3, -0.25) is 19.2 Å². The van der Waals surface area contributed by atoms with Crippen molar-refractivity contribution in [2.75, 3.05) is 0 Å². The molecule has 1 aromatic rings. The molecular formula is C21H24O16. The number of aliphatic hydroxyl groups is 1. The predicted molar refractivity (Wildman–Crippen MR) is 122 cm³/mol. The second kappa shape index (κ2) is 17.3. The molecule has 0 fully saturated rings. The Balaban J connectivity index is -0.000000209. The molecule has 16 heteroatoms. The fourth-order valence-corrected chi connectivity index (χ4v) is 2.14. The van der Waals surface area contributed by atoms with E-state index in [1.165, 1.54) is 12.1 Å². The average molecular weight is 532 g/mol. The maximum absolute atomic E-state index is 10.8. The van der Waals surface area contributed by atoms with Gasteiger partial charge in [0.05, 0.1) is 0 Å². The van der Waals surface area contributed by atoms with E-state index in [2.05, 4.69) is 0 Å². The van der Waals surface area contributed by atoms with E-state index in [1.807, 2.05) is 0 Å². The summed E-state index contributed by atoms with van der Waals surface area (Å²) in [4.78, 5) is 62.8. The first kappa shape index (κ1) is 39.1. The van der Waals surface area contributed by atoms with E-state index in [9.17, 15) is 28.8 Å². The summed E-state index contributed by atoms with van der Waals surface area (Å²) in [5.74, 6) is -7.45. The number of benzene rings is 1. The number of ketones is 3. The maximum Gasteiger partial charge on any atom is 0.339 e. The number of allylic oxidation sites excluding steroid dienone is 5. The van der Waals surface area contributed by atoms with Crippen LogP contribution in [0.1, 0.15) is 10.4 Å². The number of carbonyl (C=O) groups is 6. The first-order valence-corrected chi connectivity index (χ1v) is 8.65. The summed E-state index contributed by atoms with van der Waals surface area (Å²) in [5, 5.41) is 51.7. The Labute approximate surface area is 206 Å². The van der Waals surface area contributed by atoms with E-state index in [-0.39, 0.29) is 44.7 Å². The number of hydrogen-bond donors (Lipinski definition) is 6. The largest absolute Gasteiger partial charge is 0.508 e. The number of rotatable bonds is 3. The quantitative estimate of drug-likeness (QED) is 0.101. The van der Waals surface area contributed by atoms with Gasteiger partial charge in [0.15, 0.2) is 17.3 Å². The molecule has 0 saturated heterocycles. The Bertz CT molecular complexity index is 1130. The summed E-state index contributed by atoms with van der Waals surface area (Å²) in [6.07, 6.45) is 6.02. The Morgan fingerprint density at radius 3 is 1.70 bits per heavy atom. The zero-order chi connectivity index (χ0) is 25.3. The molecule has 0 radical (unpaired) electrons. The fraction of sp³-hybridized carbons (Fsp3) is 0.0476. The molecule has 204 valence electrons. The van der Waals surface area contributed by atoms with Gasteiger partial charge in [-0.2, -0.15) is 0 Å². The van der Waals surface area contributed by atoms with Gasteiger partial charge in [-0.15, -0.1) is 0 Å². The van der Waals surface area contributed by atoms with Crippen LogP contribution in [0.4, 0.5) is 0 Å². The second-order valence-electron chi connectivity index (χ2n) is 6.11. The number of aliphatic hydroxyl groups excluding tert-OH is 1. The summed E-state index contributed by atoms with van der Waals surface area (Å²) in [7, 11) is 0.